The fourth-order valence-electron chi connectivity index (χ4n) is 1.29. The smallest absolute Gasteiger partial charge is 0.0520 e. The van der Waals surface area contributed by atoms with E-state index < -0.39 is 0 Å². The fraction of sp³-hybridized carbons (Fsp3) is 0.556. The molecule has 0 spiro atoms. The van der Waals surface area contributed by atoms with E-state index in [1.165, 1.54) is 10.4 Å². The van der Waals surface area contributed by atoms with E-state index in [2.05, 4.69) is 23.7 Å². The van der Waals surface area contributed by atoms with Gasteiger partial charge >= 0.3 is 0 Å². The van der Waals surface area contributed by atoms with Crippen LogP contribution in [0.1, 0.15) is 16.4 Å². The number of aryl methyl sites for hydroxylation is 1. The molecule has 0 saturated heterocycles. The SMILES string of the molecule is CNCC(CO)c1sccc1C. The van der Waals surface area contributed by atoms with Crippen molar-refractivity contribution in [3.05, 3.63) is 21.9 Å². The molecule has 0 radical (unpaired) electrons. The van der Waals surface area contributed by atoms with Gasteiger partial charge in [0.25, 0.3) is 0 Å². The van der Waals surface area contributed by atoms with Crippen LogP contribution >= 0.6 is 11.3 Å². The fourth-order valence-corrected chi connectivity index (χ4v) is 2.31. The van der Waals surface area contributed by atoms with Gasteiger partial charge in [0.1, 0.15) is 0 Å². The number of likely N-dealkylation sites (N-methyl/N-ethyl adjacent to an activating group) is 1. The first-order chi connectivity index (χ1) is 5.79. The molecule has 2 nitrogen and oxygen atoms in total. The molecule has 1 heterocycles. The van der Waals surface area contributed by atoms with Gasteiger partial charge in [0.2, 0.25) is 0 Å². The standard InChI is InChI=1S/C9H15NOS/c1-7-3-4-12-9(7)8(6-11)5-10-2/h3-4,8,10-11H,5-6H2,1-2H3. The summed E-state index contributed by atoms with van der Waals surface area (Å²) >= 11 is 1.72. The molecule has 2 N–H and O–H groups in total. The molecule has 12 heavy (non-hydrogen) atoms. The predicted octanol–water partition coefficient (Wildman–Crippen LogP) is 1.35. The van der Waals surface area contributed by atoms with Gasteiger partial charge in [-0.25, -0.2) is 0 Å². The number of aliphatic hydroxyl groups excluding tert-OH is 1. The summed E-state index contributed by atoms with van der Waals surface area (Å²) in [5.41, 5.74) is 1.29. The topological polar surface area (TPSA) is 32.3 Å². The molecule has 1 aromatic heterocycles. The summed E-state index contributed by atoms with van der Waals surface area (Å²) in [5.74, 6) is 0.259. The minimum Gasteiger partial charge on any atom is -0.396 e. The average molecular weight is 185 g/mol. The van der Waals surface area contributed by atoms with Crippen molar-refractivity contribution in [1.29, 1.82) is 0 Å². The largest absolute Gasteiger partial charge is 0.396 e. The third-order valence-electron chi connectivity index (χ3n) is 1.94. The minimum atomic E-state index is 0.224. The van der Waals surface area contributed by atoms with Crippen molar-refractivity contribution in [2.75, 3.05) is 20.2 Å². The highest BCUT2D eigenvalue weighted by molar-refractivity contribution is 7.10. The first-order valence-electron chi connectivity index (χ1n) is 4.09. The van der Waals surface area contributed by atoms with Crippen LogP contribution in [0.5, 0.6) is 0 Å². The minimum absolute atomic E-state index is 0.224. The highest BCUT2D eigenvalue weighted by atomic mass is 32.1. The molecule has 0 aliphatic carbocycles. The highest BCUT2D eigenvalue weighted by Crippen LogP contribution is 2.24. The van der Waals surface area contributed by atoms with Gasteiger partial charge < -0.3 is 10.4 Å². The summed E-state index contributed by atoms with van der Waals surface area (Å²) in [7, 11) is 1.91. The number of aliphatic hydroxyl groups is 1. The Morgan fingerprint density at radius 1 is 1.67 bits per heavy atom. The lowest BCUT2D eigenvalue weighted by Crippen LogP contribution is -2.19. The van der Waals surface area contributed by atoms with Gasteiger partial charge in [0, 0.05) is 17.3 Å². The van der Waals surface area contributed by atoms with Crippen LogP contribution in [0.2, 0.25) is 0 Å². The van der Waals surface area contributed by atoms with Gasteiger partial charge in [-0.1, -0.05) is 0 Å². The van der Waals surface area contributed by atoms with Crippen LogP contribution in [-0.2, 0) is 0 Å². The molecule has 0 aliphatic rings. The Bertz CT molecular complexity index is 234. The lowest BCUT2D eigenvalue weighted by molar-refractivity contribution is 0.264. The van der Waals surface area contributed by atoms with Crippen molar-refractivity contribution >= 4 is 11.3 Å². The van der Waals surface area contributed by atoms with Gasteiger partial charge in [-0.2, -0.15) is 0 Å². The second kappa shape index (κ2) is 4.60. The van der Waals surface area contributed by atoms with Crippen LogP contribution in [0.3, 0.4) is 0 Å². The summed E-state index contributed by atoms with van der Waals surface area (Å²) in [6.07, 6.45) is 0. The van der Waals surface area contributed by atoms with Crippen molar-refractivity contribution in [2.45, 2.75) is 12.8 Å². The summed E-state index contributed by atoms with van der Waals surface area (Å²) in [6, 6.07) is 2.10. The van der Waals surface area contributed by atoms with E-state index in [-0.39, 0.29) is 12.5 Å². The van der Waals surface area contributed by atoms with E-state index in [1.54, 1.807) is 11.3 Å². The van der Waals surface area contributed by atoms with E-state index in [9.17, 15) is 0 Å². The van der Waals surface area contributed by atoms with Crippen LogP contribution in [0.15, 0.2) is 11.4 Å². The van der Waals surface area contributed by atoms with Crippen molar-refractivity contribution in [3.63, 3.8) is 0 Å². The number of hydrogen-bond donors (Lipinski definition) is 2. The third kappa shape index (κ3) is 2.06. The number of nitrogens with one attached hydrogen (secondary N) is 1. The Morgan fingerprint density at radius 3 is 2.83 bits per heavy atom. The maximum atomic E-state index is 9.12. The van der Waals surface area contributed by atoms with E-state index in [0.717, 1.165) is 6.54 Å². The molecule has 0 aliphatic heterocycles. The molecule has 68 valence electrons. The molecule has 0 bridgehead atoms. The van der Waals surface area contributed by atoms with Gasteiger partial charge in [-0.05, 0) is 31.0 Å². The Hall–Kier alpha value is -0.380. The van der Waals surface area contributed by atoms with Gasteiger partial charge in [-0.3, -0.25) is 0 Å². The molecule has 1 atom stereocenters. The van der Waals surface area contributed by atoms with Gasteiger partial charge in [0.05, 0.1) is 6.61 Å². The zero-order chi connectivity index (χ0) is 8.97. The first-order valence-corrected chi connectivity index (χ1v) is 4.97. The second-order valence-corrected chi connectivity index (χ2v) is 3.85. The lowest BCUT2D eigenvalue weighted by atomic mass is 10.1. The van der Waals surface area contributed by atoms with Crippen molar-refractivity contribution in [2.24, 2.45) is 0 Å². The monoisotopic (exact) mass is 185 g/mol. The van der Waals surface area contributed by atoms with Crippen LogP contribution in [0.4, 0.5) is 0 Å². The maximum Gasteiger partial charge on any atom is 0.0520 e. The third-order valence-corrected chi connectivity index (χ3v) is 3.12. The Labute approximate surface area is 77.2 Å². The molecular formula is C9H15NOS. The quantitative estimate of drug-likeness (QED) is 0.742. The van der Waals surface area contributed by atoms with Crippen molar-refractivity contribution in [1.82, 2.24) is 5.32 Å². The normalized spacial score (nSPS) is 13.2. The molecular weight excluding hydrogens is 170 g/mol. The molecule has 3 heteroatoms. The highest BCUT2D eigenvalue weighted by Gasteiger charge is 2.12. The summed E-state index contributed by atoms with van der Waals surface area (Å²) < 4.78 is 0. The van der Waals surface area contributed by atoms with E-state index in [4.69, 9.17) is 5.11 Å². The Balaban J connectivity index is 2.72. The summed E-state index contributed by atoms with van der Waals surface area (Å²) in [4.78, 5) is 1.30. The molecule has 0 amide bonds. The van der Waals surface area contributed by atoms with Gasteiger partial charge in [0.15, 0.2) is 0 Å². The molecule has 0 fully saturated rings. The number of rotatable bonds is 4. The molecule has 0 aromatic carbocycles. The van der Waals surface area contributed by atoms with E-state index in [0.29, 0.717) is 0 Å². The number of hydrogen-bond acceptors (Lipinski definition) is 3. The summed E-state index contributed by atoms with van der Waals surface area (Å²) in [6.45, 7) is 3.16. The Kier molecular flexibility index (Phi) is 3.72. The lowest BCUT2D eigenvalue weighted by Gasteiger charge is -2.12. The van der Waals surface area contributed by atoms with Crippen LogP contribution in [0, 0.1) is 6.92 Å². The molecule has 1 aromatic rings. The number of thiophene rings is 1. The van der Waals surface area contributed by atoms with Crippen molar-refractivity contribution < 1.29 is 5.11 Å². The van der Waals surface area contributed by atoms with E-state index >= 15 is 0 Å². The zero-order valence-corrected chi connectivity index (χ0v) is 8.32. The molecule has 0 saturated carbocycles. The maximum absolute atomic E-state index is 9.12. The Morgan fingerprint density at radius 2 is 2.42 bits per heavy atom. The van der Waals surface area contributed by atoms with Crippen LogP contribution < -0.4 is 5.32 Å². The van der Waals surface area contributed by atoms with Crippen LogP contribution in [-0.4, -0.2) is 25.3 Å². The van der Waals surface area contributed by atoms with Crippen molar-refractivity contribution in [3.8, 4) is 0 Å². The predicted molar refractivity (Wildman–Crippen MR) is 52.8 cm³/mol. The molecule has 1 unspecified atom stereocenters. The average Bonchev–Trinajstić information content (AvgIpc) is 2.47. The molecule has 1 rings (SSSR count). The zero-order valence-electron chi connectivity index (χ0n) is 7.50. The first kappa shape index (κ1) is 9.71. The van der Waals surface area contributed by atoms with Crippen LogP contribution in [0.25, 0.3) is 0 Å². The van der Waals surface area contributed by atoms with Gasteiger partial charge in [-0.15, -0.1) is 11.3 Å². The second-order valence-electron chi connectivity index (χ2n) is 2.91. The van der Waals surface area contributed by atoms with E-state index in [1.807, 2.05) is 7.05 Å². The summed E-state index contributed by atoms with van der Waals surface area (Å²) in [5, 5.41) is 14.3.